The van der Waals surface area contributed by atoms with Crippen LogP contribution in [0.25, 0.3) is 0 Å². The number of aryl methyl sites for hydroxylation is 1. The second kappa shape index (κ2) is 7.53. The molecule has 1 N–H and O–H groups in total. The number of carbonyl (C=O) groups is 1. The predicted molar refractivity (Wildman–Crippen MR) is 101 cm³/mol. The smallest absolute Gasteiger partial charge is 0.270 e. The third kappa shape index (κ3) is 3.79. The molecule has 0 aliphatic carbocycles. The fourth-order valence-corrected chi connectivity index (χ4v) is 3.22. The molecular formula is C21H19FN4O. The number of nitrogens with zero attached hydrogens (tertiary/aromatic N) is 3. The van der Waals surface area contributed by atoms with Crippen molar-refractivity contribution in [1.29, 1.82) is 0 Å². The van der Waals surface area contributed by atoms with Crippen molar-refractivity contribution in [2.24, 2.45) is 0 Å². The lowest BCUT2D eigenvalue weighted by Crippen LogP contribution is -2.28. The molecule has 0 radical (unpaired) electrons. The number of anilines is 2. The molecule has 0 unspecified atom stereocenters. The second-order valence-corrected chi connectivity index (χ2v) is 6.43. The zero-order valence-electron chi connectivity index (χ0n) is 14.7. The molecule has 1 aliphatic rings. The Kier molecular flexibility index (Phi) is 4.78. The minimum Gasteiger partial charge on any atom is -0.347 e. The van der Waals surface area contributed by atoms with E-state index in [1.54, 1.807) is 24.4 Å². The van der Waals surface area contributed by atoms with Gasteiger partial charge in [0.25, 0.3) is 5.91 Å². The van der Waals surface area contributed by atoms with E-state index in [0.717, 1.165) is 30.6 Å². The first-order chi connectivity index (χ1) is 13.2. The average Bonchev–Trinajstić information content (AvgIpc) is 2.73. The third-order valence-corrected chi connectivity index (χ3v) is 4.59. The number of hydrogen-bond acceptors (Lipinski definition) is 4. The number of para-hydroxylation sites is 1. The van der Waals surface area contributed by atoms with Crippen LogP contribution in [0.2, 0.25) is 0 Å². The maximum absolute atomic E-state index is 13.0. The van der Waals surface area contributed by atoms with Crippen LogP contribution in [0.4, 0.5) is 16.0 Å². The molecule has 1 aliphatic heterocycles. The van der Waals surface area contributed by atoms with E-state index in [2.05, 4.69) is 32.3 Å². The summed E-state index contributed by atoms with van der Waals surface area (Å²) >= 11 is 0. The predicted octanol–water partition coefficient (Wildman–Crippen LogP) is 3.63. The monoisotopic (exact) mass is 362 g/mol. The first kappa shape index (κ1) is 17.1. The van der Waals surface area contributed by atoms with E-state index in [1.807, 2.05) is 12.1 Å². The maximum Gasteiger partial charge on any atom is 0.270 e. The van der Waals surface area contributed by atoms with Crippen LogP contribution in [0.5, 0.6) is 0 Å². The Morgan fingerprint density at radius 1 is 1.11 bits per heavy atom. The molecule has 3 aromatic rings. The molecule has 0 saturated carbocycles. The number of nitrogens with one attached hydrogen (secondary N) is 1. The number of amides is 1. The molecule has 27 heavy (non-hydrogen) atoms. The van der Waals surface area contributed by atoms with Crippen LogP contribution in [0.3, 0.4) is 0 Å². The number of fused-ring (bicyclic) bond motifs is 1. The minimum atomic E-state index is -0.299. The molecule has 2 heterocycles. The first-order valence-electron chi connectivity index (χ1n) is 8.92. The Bertz CT molecular complexity index is 958. The zero-order valence-corrected chi connectivity index (χ0v) is 14.7. The molecule has 0 bridgehead atoms. The van der Waals surface area contributed by atoms with Gasteiger partial charge in [0.2, 0.25) is 5.95 Å². The Balaban J connectivity index is 1.51. The molecule has 1 amide bonds. The molecule has 5 nitrogen and oxygen atoms in total. The number of carbonyl (C=O) groups excluding carboxylic acids is 1. The Labute approximate surface area is 156 Å². The summed E-state index contributed by atoms with van der Waals surface area (Å²) in [5.41, 5.74) is 3.49. The van der Waals surface area contributed by atoms with Gasteiger partial charge in [0.1, 0.15) is 11.5 Å². The van der Waals surface area contributed by atoms with E-state index in [0.29, 0.717) is 18.2 Å². The van der Waals surface area contributed by atoms with Crippen LogP contribution in [0.1, 0.15) is 28.0 Å². The highest BCUT2D eigenvalue weighted by molar-refractivity contribution is 5.92. The van der Waals surface area contributed by atoms with Gasteiger partial charge in [-0.15, -0.1) is 0 Å². The molecule has 0 saturated heterocycles. The lowest BCUT2D eigenvalue weighted by atomic mass is 10.0. The molecule has 0 spiro atoms. The van der Waals surface area contributed by atoms with Crippen LogP contribution in [0.15, 0.2) is 60.8 Å². The van der Waals surface area contributed by atoms with Crippen molar-refractivity contribution in [1.82, 2.24) is 15.3 Å². The standard InChI is InChI=1S/C21H19FN4O/c22-17-9-7-15(8-10-17)14-24-20(27)18-11-12-23-21(25-18)26-13-3-5-16-4-1-2-6-19(16)26/h1-2,4,6-12H,3,5,13-14H2,(H,24,27). The molecular weight excluding hydrogens is 343 g/mol. The summed E-state index contributed by atoms with van der Waals surface area (Å²) in [4.78, 5) is 23.4. The van der Waals surface area contributed by atoms with Crippen molar-refractivity contribution in [3.63, 3.8) is 0 Å². The molecule has 136 valence electrons. The SMILES string of the molecule is O=C(NCc1ccc(F)cc1)c1ccnc(N2CCCc3ccccc32)n1. The summed E-state index contributed by atoms with van der Waals surface area (Å²) < 4.78 is 13.0. The number of rotatable bonds is 4. The van der Waals surface area contributed by atoms with Crippen molar-refractivity contribution in [2.45, 2.75) is 19.4 Å². The lowest BCUT2D eigenvalue weighted by Gasteiger charge is -2.29. The Morgan fingerprint density at radius 2 is 1.93 bits per heavy atom. The quantitative estimate of drug-likeness (QED) is 0.770. The normalized spacial score (nSPS) is 13.1. The van der Waals surface area contributed by atoms with Crippen LogP contribution in [0, 0.1) is 5.82 Å². The Morgan fingerprint density at radius 3 is 2.78 bits per heavy atom. The van der Waals surface area contributed by atoms with Gasteiger partial charge in [-0.25, -0.2) is 14.4 Å². The van der Waals surface area contributed by atoms with Crippen LogP contribution >= 0.6 is 0 Å². The fraction of sp³-hybridized carbons (Fsp3) is 0.190. The second-order valence-electron chi connectivity index (χ2n) is 6.43. The van der Waals surface area contributed by atoms with E-state index in [9.17, 15) is 9.18 Å². The van der Waals surface area contributed by atoms with Gasteiger partial charge in [-0.3, -0.25) is 4.79 Å². The van der Waals surface area contributed by atoms with Crippen molar-refractivity contribution < 1.29 is 9.18 Å². The van der Waals surface area contributed by atoms with Crippen molar-refractivity contribution in [3.05, 3.63) is 83.4 Å². The van der Waals surface area contributed by atoms with E-state index < -0.39 is 0 Å². The third-order valence-electron chi connectivity index (χ3n) is 4.59. The van der Waals surface area contributed by atoms with Gasteiger partial charge in [-0.1, -0.05) is 30.3 Å². The van der Waals surface area contributed by atoms with Crippen molar-refractivity contribution in [2.75, 3.05) is 11.4 Å². The fourth-order valence-electron chi connectivity index (χ4n) is 3.22. The summed E-state index contributed by atoms with van der Waals surface area (Å²) in [6.45, 7) is 1.13. The van der Waals surface area contributed by atoms with Crippen LogP contribution in [-0.2, 0) is 13.0 Å². The maximum atomic E-state index is 13.0. The summed E-state index contributed by atoms with van der Waals surface area (Å²) in [7, 11) is 0. The lowest BCUT2D eigenvalue weighted by molar-refractivity contribution is 0.0946. The van der Waals surface area contributed by atoms with Gasteiger partial charge in [-0.2, -0.15) is 0 Å². The van der Waals surface area contributed by atoms with Crippen LogP contribution < -0.4 is 10.2 Å². The number of hydrogen-bond donors (Lipinski definition) is 1. The largest absolute Gasteiger partial charge is 0.347 e. The summed E-state index contributed by atoms with van der Waals surface area (Å²) in [6, 6.07) is 15.8. The summed E-state index contributed by atoms with van der Waals surface area (Å²) in [5, 5.41) is 2.81. The summed E-state index contributed by atoms with van der Waals surface area (Å²) in [6.07, 6.45) is 3.65. The van der Waals surface area contributed by atoms with Crippen LogP contribution in [-0.4, -0.2) is 22.4 Å². The molecule has 0 fully saturated rings. The first-order valence-corrected chi connectivity index (χ1v) is 8.92. The van der Waals surface area contributed by atoms with Gasteiger partial charge in [-0.05, 0) is 48.2 Å². The van der Waals surface area contributed by atoms with E-state index in [4.69, 9.17) is 0 Å². The van der Waals surface area contributed by atoms with Gasteiger partial charge in [0, 0.05) is 25.0 Å². The molecule has 4 rings (SSSR count). The van der Waals surface area contributed by atoms with E-state index in [-0.39, 0.29) is 11.7 Å². The topological polar surface area (TPSA) is 58.1 Å². The number of aromatic nitrogens is 2. The van der Waals surface area contributed by atoms with Crippen molar-refractivity contribution >= 4 is 17.5 Å². The van der Waals surface area contributed by atoms with Gasteiger partial charge >= 0.3 is 0 Å². The van der Waals surface area contributed by atoms with Gasteiger partial charge in [0.05, 0.1) is 0 Å². The van der Waals surface area contributed by atoms with E-state index in [1.165, 1.54) is 17.7 Å². The Hall–Kier alpha value is -3.28. The molecule has 6 heteroatoms. The molecule has 1 aromatic heterocycles. The minimum absolute atomic E-state index is 0.284. The highest BCUT2D eigenvalue weighted by Crippen LogP contribution is 2.31. The number of benzene rings is 2. The molecule has 2 aromatic carbocycles. The van der Waals surface area contributed by atoms with Gasteiger partial charge < -0.3 is 10.2 Å². The highest BCUT2D eigenvalue weighted by atomic mass is 19.1. The van der Waals surface area contributed by atoms with Crippen molar-refractivity contribution in [3.8, 4) is 0 Å². The average molecular weight is 362 g/mol. The zero-order chi connectivity index (χ0) is 18.6. The molecule has 0 atom stereocenters. The van der Waals surface area contributed by atoms with Gasteiger partial charge in [0.15, 0.2) is 0 Å². The highest BCUT2D eigenvalue weighted by Gasteiger charge is 2.20. The number of halogens is 1. The van der Waals surface area contributed by atoms with E-state index >= 15 is 0 Å². The summed E-state index contributed by atoms with van der Waals surface area (Å²) in [5.74, 6) is -0.0582.